The summed E-state index contributed by atoms with van der Waals surface area (Å²) >= 11 is 1.56. The van der Waals surface area contributed by atoms with Gasteiger partial charge in [0.1, 0.15) is 0 Å². The van der Waals surface area contributed by atoms with Gasteiger partial charge in [-0.3, -0.25) is 0 Å². The Kier molecular flexibility index (Phi) is 1.96. The molecule has 0 bridgehead atoms. The number of hydrogen-bond acceptors (Lipinski definition) is 3. The molecule has 0 unspecified atom stereocenters. The Labute approximate surface area is 75.4 Å². The zero-order valence-corrected chi connectivity index (χ0v) is 7.47. The summed E-state index contributed by atoms with van der Waals surface area (Å²) in [5.41, 5.74) is 6.90. The van der Waals surface area contributed by atoms with Gasteiger partial charge < -0.3 is 5.73 Å². The summed E-state index contributed by atoms with van der Waals surface area (Å²) in [5.74, 6) is 0. The molecule has 2 nitrogen and oxygen atoms in total. The van der Waals surface area contributed by atoms with E-state index in [2.05, 4.69) is 23.2 Å². The predicted molar refractivity (Wildman–Crippen MR) is 52.9 cm³/mol. The van der Waals surface area contributed by atoms with Crippen molar-refractivity contribution in [3.8, 4) is 0 Å². The van der Waals surface area contributed by atoms with E-state index in [0.29, 0.717) is 5.13 Å². The molecular weight excluding hydrogens is 168 g/mol. The van der Waals surface area contributed by atoms with Crippen molar-refractivity contribution in [3.05, 3.63) is 29.3 Å². The molecule has 12 heavy (non-hydrogen) atoms. The fourth-order valence-corrected chi connectivity index (χ4v) is 1.98. The van der Waals surface area contributed by atoms with Gasteiger partial charge in [-0.15, -0.1) is 0 Å². The maximum absolute atomic E-state index is 5.55. The lowest BCUT2D eigenvalue weighted by Crippen LogP contribution is -1.83. The summed E-state index contributed by atoms with van der Waals surface area (Å²) < 4.78 is 0. The highest BCUT2D eigenvalue weighted by Crippen LogP contribution is 2.28. The molecule has 0 amide bonds. The van der Waals surface area contributed by atoms with Crippen LogP contribution >= 0.6 is 11.3 Å². The second kappa shape index (κ2) is 3.11. The summed E-state index contributed by atoms with van der Waals surface area (Å²) in [5, 5.41) is 0.653. The van der Waals surface area contributed by atoms with Crippen LogP contribution in [0.15, 0.2) is 24.4 Å². The van der Waals surface area contributed by atoms with E-state index >= 15 is 0 Å². The molecule has 0 saturated heterocycles. The van der Waals surface area contributed by atoms with Crippen LogP contribution in [-0.2, 0) is 0 Å². The Morgan fingerprint density at radius 2 is 2.42 bits per heavy atom. The van der Waals surface area contributed by atoms with E-state index in [-0.39, 0.29) is 0 Å². The number of rotatable bonds is 1. The first-order chi connectivity index (χ1) is 5.86. The second-order valence-corrected chi connectivity index (χ2v) is 3.78. The Balaban J connectivity index is 2.30. The standard InChI is InChI=1S/C9H10N2S/c10-9-11-6-8(12-9)7-4-2-1-3-5-7/h1-2,4,6H,3,5H2,(H2,10,11). The number of nitrogens with two attached hydrogens (primary N) is 1. The molecule has 62 valence electrons. The molecule has 3 heteroatoms. The number of anilines is 1. The van der Waals surface area contributed by atoms with Gasteiger partial charge >= 0.3 is 0 Å². The zero-order chi connectivity index (χ0) is 8.39. The fourth-order valence-electron chi connectivity index (χ4n) is 1.24. The molecule has 1 aliphatic carbocycles. The summed E-state index contributed by atoms with van der Waals surface area (Å²) in [6.45, 7) is 0. The first-order valence-corrected chi connectivity index (χ1v) is 4.75. The zero-order valence-electron chi connectivity index (χ0n) is 6.66. The van der Waals surface area contributed by atoms with Gasteiger partial charge in [0.15, 0.2) is 5.13 Å². The van der Waals surface area contributed by atoms with Gasteiger partial charge in [-0.05, 0) is 18.4 Å². The number of aromatic nitrogens is 1. The summed E-state index contributed by atoms with van der Waals surface area (Å²) in [7, 11) is 0. The number of nitrogen functional groups attached to an aromatic ring is 1. The van der Waals surface area contributed by atoms with Crippen LogP contribution in [0, 0.1) is 0 Å². The molecule has 0 aliphatic heterocycles. The number of thiazole rings is 1. The van der Waals surface area contributed by atoms with E-state index in [1.54, 1.807) is 11.3 Å². The van der Waals surface area contributed by atoms with E-state index in [0.717, 1.165) is 12.8 Å². The molecule has 1 aliphatic rings. The molecule has 0 radical (unpaired) electrons. The van der Waals surface area contributed by atoms with Crippen LogP contribution < -0.4 is 5.73 Å². The monoisotopic (exact) mass is 178 g/mol. The molecule has 1 aromatic rings. The Bertz CT molecular complexity index is 336. The lowest BCUT2D eigenvalue weighted by molar-refractivity contribution is 1.06. The van der Waals surface area contributed by atoms with Crippen molar-refractivity contribution in [3.63, 3.8) is 0 Å². The SMILES string of the molecule is Nc1ncc(C2=CC=CCC2)s1. The third kappa shape index (κ3) is 1.41. The highest BCUT2D eigenvalue weighted by Gasteiger charge is 2.05. The minimum absolute atomic E-state index is 0.653. The molecule has 1 heterocycles. The maximum Gasteiger partial charge on any atom is 0.180 e. The lowest BCUT2D eigenvalue weighted by Gasteiger charge is -2.04. The van der Waals surface area contributed by atoms with Crippen molar-refractivity contribution in [2.45, 2.75) is 12.8 Å². The Hall–Kier alpha value is -1.09. The topological polar surface area (TPSA) is 38.9 Å². The summed E-state index contributed by atoms with van der Waals surface area (Å²) in [4.78, 5) is 5.23. The van der Waals surface area contributed by atoms with Crippen LogP contribution in [0.2, 0.25) is 0 Å². The van der Waals surface area contributed by atoms with Crippen LogP contribution in [-0.4, -0.2) is 4.98 Å². The second-order valence-electron chi connectivity index (χ2n) is 2.72. The van der Waals surface area contributed by atoms with Crippen LogP contribution in [0.3, 0.4) is 0 Å². The fraction of sp³-hybridized carbons (Fsp3) is 0.222. The Morgan fingerprint density at radius 1 is 1.50 bits per heavy atom. The van der Waals surface area contributed by atoms with E-state index in [9.17, 15) is 0 Å². The van der Waals surface area contributed by atoms with Gasteiger partial charge in [0.25, 0.3) is 0 Å². The molecule has 0 saturated carbocycles. The van der Waals surface area contributed by atoms with E-state index in [4.69, 9.17) is 5.73 Å². The molecule has 0 atom stereocenters. The maximum atomic E-state index is 5.55. The molecular formula is C9H10N2S. The highest BCUT2D eigenvalue weighted by atomic mass is 32.1. The first kappa shape index (κ1) is 7.55. The minimum Gasteiger partial charge on any atom is -0.375 e. The lowest BCUT2D eigenvalue weighted by atomic mass is 10.0. The number of allylic oxidation sites excluding steroid dienone is 4. The smallest absolute Gasteiger partial charge is 0.180 e. The van der Waals surface area contributed by atoms with Gasteiger partial charge in [0.05, 0.1) is 4.88 Å². The Morgan fingerprint density at radius 3 is 3.00 bits per heavy atom. The summed E-state index contributed by atoms with van der Waals surface area (Å²) in [6.07, 6.45) is 10.5. The number of nitrogens with zero attached hydrogens (tertiary/aromatic N) is 1. The van der Waals surface area contributed by atoms with Gasteiger partial charge in [0.2, 0.25) is 0 Å². The quantitative estimate of drug-likeness (QED) is 0.717. The van der Waals surface area contributed by atoms with Crippen molar-refractivity contribution < 1.29 is 0 Å². The molecule has 2 rings (SSSR count). The van der Waals surface area contributed by atoms with Crippen molar-refractivity contribution in [1.82, 2.24) is 4.98 Å². The molecule has 1 aromatic heterocycles. The predicted octanol–water partition coefficient (Wildman–Crippen LogP) is 2.46. The molecule has 0 aromatic carbocycles. The third-order valence-corrected chi connectivity index (χ3v) is 2.76. The van der Waals surface area contributed by atoms with E-state index in [1.807, 2.05) is 6.20 Å². The summed E-state index contributed by atoms with van der Waals surface area (Å²) in [6, 6.07) is 0. The van der Waals surface area contributed by atoms with Gasteiger partial charge in [0, 0.05) is 6.20 Å². The van der Waals surface area contributed by atoms with Gasteiger partial charge in [-0.1, -0.05) is 29.6 Å². The first-order valence-electron chi connectivity index (χ1n) is 3.93. The average Bonchev–Trinajstić information content (AvgIpc) is 2.54. The highest BCUT2D eigenvalue weighted by molar-refractivity contribution is 7.16. The average molecular weight is 178 g/mol. The molecule has 0 fully saturated rings. The third-order valence-electron chi connectivity index (χ3n) is 1.85. The molecule has 2 N–H and O–H groups in total. The normalized spacial score (nSPS) is 16.2. The largest absolute Gasteiger partial charge is 0.375 e. The van der Waals surface area contributed by atoms with Crippen molar-refractivity contribution in [2.75, 3.05) is 5.73 Å². The van der Waals surface area contributed by atoms with E-state index in [1.165, 1.54) is 10.5 Å². The van der Waals surface area contributed by atoms with Crippen LogP contribution in [0.1, 0.15) is 17.7 Å². The number of hydrogen-bond donors (Lipinski definition) is 1. The van der Waals surface area contributed by atoms with Gasteiger partial charge in [-0.2, -0.15) is 0 Å². The van der Waals surface area contributed by atoms with Crippen molar-refractivity contribution in [2.24, 2.45) is 0 Å². The van der Waals surface area contributed by atoms with Gasteiger partial charge in [-0.25, -0.2) is 4.98 Å². The van der Waals surface area contributed by atoms with Crippen LogP contribution in [0.25, 0.3) is 5.57 Å². The van der Waals surface area contributed by atoms with Crippen LogP contribution in [0.5, 0.6) is 0 Å². The molecule has 0 spiro atoms. The minimum atomic E-state index is 0.653. The van der Waals surface area contributed by atoms with E-state index < -0.39 is 0 Å². The van der Waals surface area contributed by atoms with Crippen molar-refractivity contribution >= 4 is 22.0 Å². The van der Waals surface area contributed by atoms with Crippen molar-refractivity contribution in [1.29, 1.82) is 0 Å². The van der Waals surface area contributed by atoms with Crippen LogP contribution in [0.4, 0.5) is 5.13 Å².